The molecule has 1 saturated carbocycles. The van der Waals surface area contributed by atoms with Gasteiger partial charge in [-0.3, -0.25) is 4.79 Å². The number of sulfone groups is 1. The first-order chi connectivity index (χ1) is 10.00. The normalized spacial score (nSPS) is 16.0. The van der Waals surface area contributed by atoms with Crippen molar-refractivity contribution in [1.29, 1.82) is 0 Å². The summed E-state index contributed by atoms with van der Waals surface area (Å²) in [6, 6.07) is 6.64. The van der Waals surface area contributed by atoms with Gasteiger partial charge in [0.1, 0.15) is 11.5 Å². The number of hydrogen-bond donors (Lipinski definition) is 0. The van der Waals surface area contributed by atoms with E-state index >= 15 is 0 Å². The van der Waals surface area contributed by atoms with Gasteiger partial charge >= 0.3 is 0 Å². The Morgan fingerprint density at radius 2 is 1.81 bits per heavy atom. The third kappa shape index (κ3) is 4.84. The van der Waals surface area contributed by atoms with E-state index in [-0.39, 0.29) is 17.5 Å². The Kier molecular flexibility index (Phi) is 5.39. The van der Waals surface area contributed by atoms with Crippen molar-refractivity contribution in [2.75, 3.05) is 18.1 Å². The lowest BCUT2D eigenvalue weighted by Crippen LogP contribution is -2.22. The summed E-state index contributed by atoms with van der Waals surface area (Å²) in [5.74, 6) is 0.342. The number of ketones is 1. The molecule has 0 saturated heterocycles. The van der Waals surface area contributed by atoms with Crippen LogP contribution in [0, 0.1) is 5.92 Å². The summed E-state index contributed by atoms with van der Waals surface area (Å²) in [4.78, 5) is 12.1. The molecule has 0 aliphatic heterocycles. The van der Waals surface area contributed by atoms with Crippen molar-refractivity contribution in [3.63, 3.8) is 0 Å². The maximum Gasteiger partial charge on any atom is 0.177 e. The van der Waals surface area contributed by atoms with Crippen molar-refractivity contribution in [2.24, 2.45) is 5.92 Å². The SMILES string of the molecule is CCOc1ccc(C(=O)CS(=O)(=O)CC2CCCC2)cc1. The molecular weight excluding hydrogens is 288 g/mol. The largest absolute Gasteiger partial charge is 0.494 e. The van der Waals surface area contributed by atoms with Gasteiger partial charge in [0.2, 0.25) is 0 Å². The van der Waals surface area contributed by atoms with Crippen LogP contribution >= 0.6 is 0 Å². The second-order valence-corrected chi connectivity index (χ2v) is 7.69. The van der Waals surface area contributed by atoms with Crippen LogP contribution in [0.1, 0.15) is 43.0 Å². The zero-order chi connectivity index (χ0) is 15.3. The molecule has 2 rings (SSSR count). The standard InChI is InChI=1S/C16H22O4S/c1-2-20-15-9-7-14(8-10-15)16(17)12-21(18,19)11-13-5-3-4-6-13/h7-10,13H,2-6,11-12H2,1H3. The van der Waals surface area contributed by atoms with Crippen molar-refractivity contribution < 1.29 is 17.9 Å². The molecule has 5 heteroatoms. The molecule has 1 aliphatic rings. The Hall–Kier alpha value is -1.36. The average molecular weight is 310 g/mol. The maximum absolute atomic E-state index is 12.1. The van der Waals surface area contributed by atoms with E-state index in [0.29, 0.717) is 17.9 Å². The summed E-state index contributed by atoms with van der Waals surface area (Å²) in [6.07, 6.45) is 4.15. The smallest absolute Gasteiger partial charge is 0.177 e. The second kappa shape index (κ2) is 7.07. The van der Waals surface area contributed by atoms with E-state index in [1.54, 1.807) is 24.3 Å². The summed E-state index contributed by atoms with van der Waals surface area (Å²) in [5, 5.41) is 0. The van der Waals surface area contributed by atoms with E-state index in [1.807, 2.05) is 6.92 Å². The molecule has 0 N–H and O–H groups in total. The average Bonchev–Trinajstić information content (AvgIpc) is 2.91. The molecule has 0 unspecified atom stereocenters. The summed E-state index contributed by atoms with van der Waals surface area (Å²) < 4.78 is 29.5. The number of hydrogen-bond acceptors (Lipinski definition) is 4. The molecule has 1 aromatic carbocycles. The van der Waals surface area contributed by atoms with Crippen LogP contribution in [0.25, 0.3) is 0 Å². The van der Waals surface area contributed by atoms with Crippen molar-refractivity contribution in [2.45, 2.75) is 32.6 Å². The van der Waals surface area contributed by atoms with E-state index in [2.05, 4.69) is 0 Å². The van der Waals surface area contributed by atoms with Crippen LogP contribution in [0.3, 0.4) is 0 Å². The van der Waals surface area contributed by atoms with Crippen LogP contribution < -0.4 is 4.74 Å². The minimum Gasteiger partial charge on any atom is -0.494 e. The van der Waals surface area contributed by atoms with E-state index in [9.17, 15) is 13.2 Å². The Labute approximate surface area is 126 Å². The van der Waals surface area contributed by atoms with Crippen molar-refractivity contribution in [1.82, 2.24) is 0 Å². The zero-order valence-electron chi connectivity index (χ0n) is 12.4. The van der Waals surface area contributed by atoms with E-state index in [4.69, 9.17) is 4.74 Å². The fourth-order valence-corrected chi connectivity index (χ4v) is 4.52. The van der Waals surface area contributed by atoms with Gasteiger partial charge in [0.25, 0.3) is 0 Å². The molecule has 0 amide bonds. The lowest BCUT2D eigenvalue weighted by Gasteiger charge is -2.09. The van der Waals surface area contributed by atoms with Crippen molar-refractivity contribution >= 4 is 15.6 Å². The highest BCUT2D eigenvalue weighted by Crippen LogP contribution is 2.26. The molecular formula is C16H22O4S. The monoisotopic (exact) mass is 310 g/mol. The highest BCUT2D eigenvalue weighted by Gasteiger charge is 2.25. The third-order valence-electron chi connectivity index (χ3n) is 3.80. The predicted molar refractivity (Wildman–Crippen MR) is 82.6 cm³/mol. The lowest BCUT2D eigenvalue weighted by atomic mass is 10.1. The number of rotatable bonds is 7. The number of carbonyl (C=O) groups excluding carboxylic acids is 1. The van der Waals surface area contributed by atoms with Crippen molar-refractivity contribution in [3.8, 4) is 5.75 Å². The first-order valence-corrected chi connectivity index (χ1v) is 9.29. The Bertz CT molecular complexity index is 569. The summed E-state index contributed by atoms with van der Waals surface area (Å²) in [5.41, 5.74) is 0.424. The van der Waals surface area contributed by atoms with Crippen LogP contribution in [0.2, 0.25) is 0 Å². The van der Waals surface area contributed by atoms with Gasteiger partial charge in [0.15, 0.2) is 15.6 Å². The third-order valence-corrected chi connectivity index (χ3v) is 5.48. The lowest BCUT2D eigenvalue weighted by molar-refractivity contribution is 0.102. The molecule has 0 bridgehead atoms. The Morgan fingerprint density at radius 3 is 2.38 bits per heavy atom. The number of Topliss-reactive ketones (excluding diaryl/α,β-unsaturated/α-hetero) is 1. The van der Waals surface area contributed by atoms with E-state index < -0.39 is 15.6 Å². The minimum atomic E-state index is -3.31. The summed E-state index contributed by atoms with van der Waals surface area (Å²) >= 11 is 0. The molecule has 0 heterocycles. The van der Waals surface area contributed by atoms with Crippen LogP contribution in [0.5, 0.6) is 5.75 Å². The fourth-order valence-electron chi connectivity index (χ4n) is 2.78. The molecule has 1 aliphatic carbocycles. The molecule has 0 radical (unpaired) electrons. The van der Waals surface area contributed by atoms with Gasteiger partial charge in [0.05, 0.1) is 12.4 Å². The molecule has 1 fully saturated rings. The van der Waals surface area contributed by atoms with E-state index in [0.717, 1.165) is 25.7 Å². The van der Waals surface area contributed by atoms with Crippen LogP contribution in [0.15, 0.2) is 24.3 Å². The summed E-state index contributed by atoms with van der Waals surface area (Å²) in [6.45, 7) is 2.44. The van der Waals surface area contributed by atoms with Gasteiger partial charge in [-0.15, -0.1) is 0 Å². The molecule has 0 spiro atoms. The first-order valence-electron chi connectivity index (χ1n) is 7.46. The van der Waals surface area contributed by atoms with Crippen molar-refractivity contribution in [3.05, 3.63) is 29.8 Å². The molecule has 0 aromatic heterocycles. The van der Waals surface area contributed by atoms with Gasteiger partial charge < -0.3 is 4.74 Å². The van der Waals surface area contributed by atoms with Gasteiger partial charge in [-0.05, 0) is 49.9 Å². The van der Waals surface area contributed by atoms with Gasteiger partial charge in [-0.1, -0.05) is 12.8 Å². The zero-order valence-corrected chi connectivity index (χ0v) is 13.2. The van der Waals surface area contributed by atoms with E-state index in [1.165, 1.54) is 0 Å². The molecule has 1 aromatic rings. The number of benzene rings is 1. The summed E-state index contributed by atoms with van der Waals surface area (Å²) in [7, 11) is -3.31. The Morgan fingerprint density at radius 1 is 1.19 bits per heavy atom. The first kappa shape index (κ1) is 16.0. The fraction of sp³-hybridized carbons (Fsp3) is 0.562. The molecule has 116 valence electrons. The van der Waals surface area contributed by atoms with Crippen LogP contribution in [-0.4, -0.2) is 32.3 Å². The molecule has 21 heavy (non-hydrogen) atoms. The second-order valence-electron chi connectivity index (χ2n) is 5.59. The van der Waals surface area contributed by atoms with Gasteiger partial charge in [-0.25, -0.2) is 8.42 Å². The topological polar surface area (TPSA) is 60.4 Å². The minimum absolute atomic E-state index is 0.149. The highest BCUT2D eigenvalue weighted by atomic mass is 32.2. The Balaban J connectivity index is 1.96. The van der Waals surface area contributed by atoms with Gasteiger partial charge in [0, 0.05) is 5.56 Å². The molecule has 4 nitrogen and oxygen atoms in total. The highest BCUT2D eigenvalue weighted by molar-refractivity contribution is 7.92. The van der Waals surface area contributed by atoms with Crippen LogP contribution in [-0.2, 0) is 9.84 Å². The maximum atomic E-state index is 12.1. The number of ether oxygens (including phenoxy) is 1. The number of carbonyl (C=O) groups is 1. The van der Waals surface area contributed by atoms with Gasteiger partial charge in [-0.2, -0.15) is 0 Å². The van der Waals surface area contributed by atoms with Crippen LogP contribution in [0.4, 0.5) is 0 Å². The predicted octanol–water partition coefficient (Wildman–Crippen LogP) is 2.87. The molecule has 0 atom stereocenters. The quantitative estimate of drug-likeness (QED) is 0.727.